The number of rotatable bonds is 5. The summed E-state index contributed by atoms with van der Waals surface area (Å²) in [5, 5.41) is 3.67. The number of allylic oxidation sites excluding steroid dienone is 3. The summed E-state index contributed by atoms with van der Waals surface area (Å²) in [7, 11) is 1.56. The van der Waals surface area contributed by atoms with Gasteiger partial charge in [0.15, 0.2) is 0 Å². The van der Waals surface area contributed by atoms with Crippen LogP contribution in [0.3, 0.4) is 0 Å². The molecular formula is C20H25ClN2O2. The molecule has 1 N–H and O–H groups in total. The highest BCUT2D eigenvalue weighted by Gasteiger charge is 2.23. The van der Waals surface area contributed by atoms with E-state index in [1.165, 1.54) is 5.57 Å². The largest absolute Gasteiger partial charge is 0.496 e. The molecule has 3 rings (SSSR count). The molecule has 1 aliphatic heterocycles. The van der Waals surface area contributed by atoms with Crippen molar-refractivity contribution in [2.24, 2.45) is 0 Å². The summed E-state index contributed by atoms with van der Waals surface area (Å²) in [6.45, 7) is 3.07. The highest BCUT2D eigenvalue weighted by atomic mass is 35.5. The van der Waals surface area contributed by atoms with E-state index < -0.39 is 0 Å². The number of carbonyl (C=O) groups excluding carboxylic acids is 1. The number of hydrogen-bond acceptors (Lipinski definition) is 3. The Labute approximate surface area is 154 Å². The molecule has 0 bridgehead atoms. The fourth-order valence-corrected chi connectivity index (χ4v) is 3.59. The van der Waals surface area contributed by atoms with Crippen LogP contribution in [0, 0.1) is 0 Å². The molecule has 25 heavy (non-hydrogen) atoms. The first-order valence-electron chi connectivity index (χ1n) is 8.85. The van der Waals surface area contributed by atoms with Crippen molar-refractivity contribution in [1.82, 2.24) is 10.2 Å². The molecule has 1 amide bonds. The molecule has 5 heteroatoms. The molecule has 0 aromatic heterocycles. The van der Waals surface area contributed by atoms with Crippen LogP contribution in [0.15, 0.2) is 42.0 Å². The van der Waals surface area contributed by atoms with E-state index >= 15 is 0 Å². The zero-order chi connectivity index (χ0) is 17.6. The standard InChI is InChI=1S/C20H25ClN2O2/c1-25-19-8-7-16(21)13-18(19)20(24)22-17-9-11-23(12-10-17)14-15-5-3-2-4-6-15/h2-3,6-8,13,17H,4-5,9-12,14H2,1H3,(H,22,24). The Morgan fingerprint density at radius 1 is 1.32 bits per heavy atom. The number of benzene rings is 1. The normalized spacial score (nSPS) is 18.7. The molecule has 0 radical (unpaired) electrons. The molecule has 1 aliphatic carbocycles. The van der Waals surface area contributed by atoms with Crippen LogP contribution in [0.1, 0.15) is 36.0 Å². The van der Waals surface area contributed by atoms with Gasteiger partial charge in [0.1, 0.15) is 5.75 Å². The lowest BCUT2D eigenvalue weighted by Gasteiger charge is -2.33. The molecule has 1 aromatic carbocycles. The maximum atomic E-state index is 12.6. The van der Waals surface area contributed by atoms with Crippen LogP contribution in [0.2, 0.25) is 5.02 Å². The summed E-state index contributed by atoms with van der Waals surface area (Å²) >= 11 is 6.02. The zero-order valence-corrected chi connectivity index (χ0v) is 15.4. The van der Waals surface area contributed by atoms with Gasteiger partial charge in [-0.2, -0.15) is 0 Å². The molecule has 1 heterocycles. The van der Waals surface area contributed by atoms with E-state index in [9.17, 15) is 4.79 Å². The maximum Gasteiger partial charge on any atom is 0.255 e. The third-order valence-corrected chi connectivity index (χ3v) is 5.08. The summed E-state index contributed by atoms with van der Waals surface area (Å²) in [5.41, 5.74) is 2.00. The van der Waals surface area contributed by atoms with Gasteiger partial charge in [0.25, 0.3) is 5.91 Å². The number of halogens is 1. The average Bonchev–Trinajstić information content (AvgIpc) is 2.64. The number of nitrogens with zero attached hydrogens (tertiary/aromatic N) is 1. The fourth-order valence-electron chi connectivity index (χ4n) is 3.42. The van der Waals surface area contributed by atoms with Gasteiger partial charge in [-0.1, -0.05) is 35.4 Å². The second-order valence-corrected chi connectivity index (χ2v) is 7.08. The summed E-state index contributed by atoms with van der Waals surface area (Å²) in [5.74, 6) is 0.439. The SMILES string of the molecule is COc1ccc(Cl)cc1C(=O)NC1CCN(CC2=CCC=CC2)CC1. The molecule has 1 saturated heterocycles. The summed E-state index contributed by atoms with van der Waals surface area (Å²) in [6.07, 6.45) is 10.9. The number of hydrogen-bond donors (Lipinski definition) is 1. The van der Waals surface area contributed by atoms with Crippen molar-refractivity contribution in [3.8, 4) is 5.75 Å². The number of piperidine rings is 1. The van der Waals surface area contributed by atoms with Crippen molar-refractivity contribution in [2.45, 2.75) is 31.7 Å². The van der Waals surface area contributed by atoms with E-state index in [1.807, 2.05) is 0 Å². The minimum atomic E-state index is -0.113. The number of methoxy groups -OCH3 is 1. The summed E-state index contributed by atoms with van der Waals surface area (Å²) < 4.78 is 5.27. The molecule has 0 spiro atoms. The van der Waals surface area contributed by atoms with Gasteiger partial charge in [-0.3, -0.25) is 9.69 Å². The van der Waals surface area contributed by atoms with Crippen LogP contribution >= 0.6 is 11.6 Å². The first kappa shape index (κ1) is 18.0. The highest BCUT2D eigenvalue weighted by Crippen LogP contribution is 2.23. The second kappa shape index (κ2) is 8.54. The van der Waals surface area contributed by atoms with E-state index in [0.717, 1.165) is 45.3 Å². The number of nitrogens with one attached hydrogen (secondary N) is 1. The van der Waals surface area contributed by atoms with Crippen molar-refractivity contribution < 1.29 is 9.53 Å². The molecule has 0 saturated carbocycles. The van der Waals surface area contributed by atoms with Gasteiger partial charge in [0, 0.05) is 30.7 Å². The van der Waals surface area contributed by atoms with Gasteiger partial charge >= 0.3 is 0 Å². The van der Waals surface area contributed by atoms with E-state index in [-0.39, 0.29) is 11.9 Å². The molecule has 134 valence electrons. The zero-order valence-electron chi connectivity index (χ0n) is 14.6. The van der Waals surface area contributed by atoms with Crippen LogP contribution in [0.25, 0.3) is 0 Å². The van der Waals surface area contributed by atoms with Crippen LogP contribution < -0.4 is 10.1 Å². The number of amides is 1. The molecule has 0 atom stereocenters. The van der Waals surface area contributed by atoms with Gasteiger partial charge in [0.2, 0.25) is 0 Å². The predicted octanol–water partition coefficient (Wildman–Crippen LogP) is 3.82. The number of ether oxygens (including phenoxy) is 1. The first-order chi connectivity index (χ1) is 12.2. The van der Waals surface area contributed by atoms with Gasteiger partial charge < -0.3 is 10.1 Å². The fraction of sp³-hybridized carbons (Fsp3) is 0.450. The van der Waals surface area contributed by atoms with E-state index in [2.05, 4.69) is 28.4 Å². The molecule has 4 nitrogen and oxygen atoms in total. The Bertz CT molecular complexity index is 676. The van der Waals surface area contributed by atoms with Crippen LogP contribution in [-0.4, -0.2) is 43.6 Å². The molecule has 1 fully saturated rings. The Morgan fingerprint density at radius 3 is 2.80 bits per heavy atom. The lowest BCUT2D eigenvalue weighted by atomic mass is 10.0. The number of likely N-dealkylation sites (tertiary alicyclic amines) is 1. The molecule has 2 aliphatic rings. The molecule has 0 unspecified atom stereocenters. The van der Waals surface area contributed by atoms with Crippen LogP contribution in [-0.2, 0) is 0 Å². The van der Waals surface area contributed by atoms with Gasteiger partial charge in [-0.15, -0.1) is 0 Å². The predicted molar refractivity (Wildman–Crippen MR) is 101 cm³/mol. The number of carbonyl (C=O) groups is 1. The van der Waals surface area contributed by atoms with Crippen molar-refractivity contribution in [3.63, 3.8) is 0 Å². The summed E-state index contributed by atoms with van der Waals surface area (Å²) in [6, 6.07) is 5.32. The quantitative estimate of drug-likeness (QED) is 0.811. The smallest absolute Gasteiger partial charge is 0.255 e. The molecular weight excluding hydrogens is 336 g/mol. The topological polar surface area (TPSA) is 41.6 Å². The lowest BCUT2D eigenvalue weighted by Crippen LogP contribution is -2.45. The minimum absolute atomic E-state index is 0.113. The van der Waals surface area contributed by atoms with E-state index in [0.29, 0.717) is 16.3 Å². The first-order valence-corrected chi connectivity index (χ1v) is 9.23. The van der Waals surface area contributed by atoms with Crippen molar-refractivity contribution in [3.05, 3.63) is 52.6 Å². The van der Waals surface area contributed by atoms with Crippen LogP contribution in [0.5, 0.6) is 5.75 Å². The Morgan fingerprint density at radius 2 is 2.12 bits per heavy atom. The summed E-state index contributed by atoms with van der Waals surface area (Å²) in [4.78, 5) is 15.0. The van der Waals surface area contributed by atoms with Gasteiger partial charge in [0.05, 0.1) is 12.7 Å². The minimum Gasteiger partial charge on any atom is -0.496 e. The monoisotopic (exact) mass is 360 g/mol. The Kier molecular flexibility index (Phi) is 6.16. The molecule has 1 aromatic rings. The van der Waals surface area contributed by atoms with Gasteiger partial charge in [-0.05, 0) is 43.9 Å². The maximum absolute atomic E-state index is 12.6. The van der Waals surface area contributed by atoms with Crippen LogP contribution in [0.4, 0.5) is 0 Å². The third kappa shape index (κ3) is 4.86. The van der Waals surface area contributed by atoms with Gasteiger partial charge in [-0.25, -0.2) is 0 Å². The lowest BCUT2D eigenvalue weighted by molar-refractivity contribution is 0.0910. The second-order valence-electron chi connectivity index (χ2n) is 6.64. The average molecular weight is 361 g/mol. The third-order valence-electron chi connectivity index (χ3n) is 4.84. The highest BCUT2D eigenvalue weighted by molar-refractivity contribution is 6.31. The van der Waals surface area contributed by atoms with Crippen molar-refractivity contribution >= 4 is 17.5 Å². The van der Waals surface area contributed by atoms with Crippen molar-refractivity contribution in [2.75, 3.05) is 26.7 Å². The Balaban J connectivity index is 1.51. The van der Waals surface area contributed by atoms with E-state index in [1.54, 1.807) is 25.3 Å². The Hall–Kier alpha value is -1.78. The van der Waals surface area contributed by atoms with E-state index in [4.69, 9.17) is 16.3 Å². The van der Waals surface area contributed by atoms with Crippen molar-refractivity contribution in [1.29, 1.82) is 0 Å².